The van der Waals surface area contributed by atoms with Gasteiger partial charge in [-0.05, 0) is 31.8 Å². The molecule has 1 aliphatic rings. The van der Waals surface area contributed by atoms with E-state index in [1.165, 1.54) is 44.5 Å². The highest BCUT2D eigenvalue weighted by Gasteiger charge is 2.34. The average Bonchev–Trinajstić information content (AvgIpc) is 2.99. The fraction of sp³-hybridized carbons (Fsp3) is 0.786. The zero-order valence-corrected chi connectivity index (χ0v) is 12.4. The van der Waals surface area contributed by atoms with E-state index in [-0.39, 0.29) is 0 Å². The lowest BCUT2D eigenvalue weighted by Crippen LogP contribution is -2.41. The second kappa shape index (κ2) is 6.64. The summed E-state index contributed by atoms with van der Waals surface area (Å²) in [4.78, 5) is 6.82. The van der Waals surface area contributed by atoms with E-state index < -0.39 is 0 Å². The monoisotopic (exact) mass is 267 g/mol. The first-order valence-corrected chi connectivity index (χ1v) is 7.95. The summed E-state index contributed by atoms with van der Waals surface area (Å²) >= 11 is 1.69. The molecule has 0 radical (unpaired) electrons. The van der Waals surface area contributed by atoms with Gasteiger partial charge in [0.05, 0.1) is 11.2 Å². The van der Waals surface area contributed by atoms with Gasteiger partial charge in [0.15, 0.2) is 0 Å². The van der Waals surface area contributed by atoms with E-state index >= 15 is 0 Å². The number of thiazole rings is 1. The van der Waals surface area contributed by atoms with E-state index in [0.29, 0.717) is 5.41 Å². The van der Waals surface area contributed by atoms with Crippen molar-refractivity contribution < 1.29 is 0 Å². The second-order valence-electron chi connectivity index (χ2n) is 5.64. The molecule has 0 aromatic carbocycles. The normalized spacial score (nSPS) is 18.6. The largest absolute Gasteiger partial charge is 0.316 e. The number of nitrogens with zero attached hydrogens (tertiary/aromatic N) is 2. The third-order valence-corrected chi connectivity index (χ3v) is 4.57. The van der Waals surface area contributed by atoms with Crippen molar-refractivity contribution in [2.45, 2.75) is 39.2 Å². The maximum absolute atomic E-state index is 4.38. The highest BCUT2D eigenvalue weighted by Crippen LogP contribution is 2.38. The van der Waals surface area contributed by atoms with Crippen LogP contribution in [0.5, 0.6) is 0 Å². The van der Waals surface area contributed by atoms with Crippen molar-refractivity contribution >= 4 is 11.3 Å². The molecule has 0 amide bonds. The highest BCUT2D eigenvalue weighted by atomic mass is 32.1. The lowest BCUT2D eigenvalue weighted by Gasteiger charge is -2.33. The molecule has 1 aromatic rings. The molecular weight excluding hydrogens is 242 g/mol. The van der Waals surface area contributed by atoms with Crippen LogP contribution in [0.2, 0.25) is 0 Å². The summed E-state index contributed by atoms with van der Waals surface area (Å²) in [5, 5.41) is 5.71. The van der Waals surface area contributed by atoms with Gasteiger partial charge in [-0.1, -0.05) is 19.8 Å². The molecule has 3 nitrogen and oxygen atoms in total. The first kappa shape index (κ1) is 14.0. The zero-order valence-electron chi connectivity index (χ0n) is 11.6. The smallest absolute Gasteiger partial charge is 0.0795 e. The minimum atomic E-state index is 0.501. The zero-order chi connectivity index (χ0) is 12.8. The maximum Gasteiger partial charge on any atom is 0.0795 e. The Labute approximate surface area is 115 Å². The van der Waals surface area contributed by atoms with Gasteiger partial charge in [0.1, 0.15) is 0 Å². The van der Waals surface area contributed by atoms with Crippen molar-refractivity contribution in [1.29, 1.82) is 0 Å². The molecule has 1 heterocycles. The van der Waals surface area contributed by atoms with E-state index in [1.54, 1.807) is 11.3 Å². The maximum atomic E-state index is 4.38. The van der Waals surface area contributed by atoms with Gasteiger partial charge in [0.25, 0.3) is 0 Å². The van der Waals surface area contributed by atoms with E-state index in [4.69, 9.17) is 0 Å². The summed E-state index contributed by atoms with van der Waals surface area (Å²) in [6, 6.07) is 0. The van der Waals surface area contributed by atoms with Gasteiger partial charge in [-0.2, -0.15) is 0 Å². The fourth-order valence-corrected chi connectivity index (χ4v) is 3.68. The van der Waals surface area contributed by atoms with Gasteiger partial charge < -0.3 is 5.32 Å². The van der Waals surface area contributed by atoms with Crippen molar-refractivity contribution in [2.24, 2.45) is 5.41 Å². The Hall–Kier alpha value is -0.450. The van der Waals surface area contributed by atoms with Gasteiger partial charge in [-0.15, -0.1) is 11.3 Å². The minimum Gasteiger partial charge on any atom is -0.316 e. The molecule has 0 aliphatic heterocycles. The first-order valence-electron chi connectivity index (χ1n) is 7.00. The molecule has 0 bridgehead atoms. The van der Waals surface area contributed by atoms with E-state index in [1.807, 2.05) is 5.51 Å². The fourth-order valence-electron chi connectivity index (χ4n) is 3.13. The van der Waals surface area contributed by atoms with Crippen LogP contribution in [0.15, 0.2) is 10.9 Å². The Morgan fingerprint density at radius 2 is 2.22 bits per heavy atom. The molecule has 0 saturated heterocycles. The standard InChI is InChI=1S/C14H25N3S/c1-3-15-10-14(6-4-5-7-14)11-17(2)8-13-9-18-12-16-13/h9,12,15H,3-8,10-11H2,1-2H3. The van der Waals surface area contributed by atoms with Crippen molar-refractivity contribution in [1.82, 2.24) is 15.2 Å². The molecule has 1 fully saturated rings. The summed E-state index contributed by atoms with van der Waals surface area (Å²) in [6.07, 6.45) is 5.55. The molecule has 18 heavy (non-hydrogen) atoms. The molecule has 1 N–H and O–H groups in total. The van der Waals surface area contributed by atoms with Gasteiger partial charge in [-0.25, -0.2) is 4.98 Å². The number of aromatic nitrogens is 1. The predicted molar refractivity (Wildman–Crippen MR) is 77.9 cm³/mol. The first-order chi connectivity index (χ1) is 8.74. The van der Waals surface area contributed by atoms with Crippen LogP contribution in [0.3, 0.4) is 0 Å². The quantitative estimate of drug-likeness (QED) is 0.823. The molecular formula is C14H25N3S. The van der Waals surface area contributed by atoms with Crippen molar-refractivity contribution in [2.75, 3.05) is 26.7 Å². The van der Waals surface area contributed by atoms with E-state index in [0.717, 1.165) is 13.1 Å². The number of rotatable bonds is 7. The number of hydrogen-bond donors (Lipinski definition) is 1. The van der Waals surface area contributed by atoms with Crippen molar-refractivity contribution in [3.63, 3.8) is 0 Å². The SMILES string of the molecule is CCNCC1(CN(C)Cc2cscn2)CCCC1. The Morgan fingerprint density at radius 1 is 1.44 bits per heavy atom. The number of nitrogens with one attached hydrogen (secondary N) is 1. The summed E-state index contributed by atoms with van der Waals surface area (Å²) in [5.74, 6) is 0. The van der Waals surface area contributed by atoms with Crippen LogP contribution < -0.4 is 5.32 Å². The molecule has 1 saturated carbocycles. The summed E-state index contributed by atoms with van der Waals surface area (Å²) in [7, 11) is 2.23. The van der Waals surface area contributed by atoms with Crippen LogP contribution >= 0.6 is 11.3 Å². The Kier molecular flexibility index (Phi) is 5.15. The highest BCUT2D eigenvalue weighted by molar-refractivity contribution is 7.07. The van der Waals surface area contributed by atoms with Crippen LogP contribution in [-0.2, 0) is 6.54 Å². The van der Waals surface area contributed by atoms with Gasteiger partial charge in [0.2, 0.25) is 0 Å². The van der Waals surface area contributed by atoms with Crippen LogP contribution in [-0.4, -0.2) is 36.6 Å². The van der Waals surface area contributed by atoms with Crippen molar-refractivity contribution in [3.8, 4) is 0 Å². The van der Waals surface area contributed by atoms with Gasteiger partial charge in [-0.3, -0.25) is 4.90 Å². The molecule has 1 aromatic heterocycles. The Morgan fingerprint density at radius 3 is 2.83 bits per heavy atom. The summed E-state index contributed by atoms with van der Waals surface area (Å²) in [5.41, 5.74) is 3.63. The molecule has 1 aliphatic carbocycles. The van der Waals surface area contributed by atoms with Gasteiger partial charge >= 0.3 is 0 Å². The molecule has 0 unspecified atom stereocenters. The minimum absolute atomic E-state index is 0.501. The van der Waals surface area contributed by atoms with Crippen LogP contribution in [0.25, 0.3) is 0 Å². The average molecular weight is 267 g/mol. The van der Waals surface area contributed by atoms with Crippen LogP contribution in [0.1, 0.15) is 38.3 Å². The molecule has 102 valence electrons. The number of hydrogen-bond acceptors (Lipinski definition) is 4. The summed E-state index contributed by atoms with van der Waals surface area (Å²) in [6.45, 7) is 6.62. The van der Waals surface area contributed by atoms with E-state index in [2.05, 4.69) is 34.6 Å². The van der Waals surface area contributed by atoms with Crippen molar-refractivity contribution in [3.05, 3.63) is 16.6 Å². The molecule has 0 spiro atoms. The summed E-state index contributed by atoms with van der Waals surface area (Å²) < 4.78 is 0. The molecule has 0 atom stereocenters. The van der Waals surface area contributed by atoms with Gasteiger partial charge in [0, 0.05) is 25.0 Å². The van der Waals surface area contributed by atoms with E-state index in [9.17, 15) is 0 Å². The molecule has 4 heteroatoms. The Balaban J connectivity index is 1.87. The third kappa shape index (κ3) is 3.77. The van der Waals surface area contributed by atoms with Crippen LogP contribution in [0.4, 0.5) is 0 Å². The Bertz CT molecular complexity index is 331. The topological polar surface area (TPSA) is 28.2 Å². The van der Waals surface area contributed by atoms with Crippen LogP contribution in [0, 0.1) is 5.41 Å². The lowest BCUT2D eigenvalue weighted by molar-refractivity contribution is 0.167. The second-order valence-corrected chi connectivity index (χ2v) is 6.36. The third-order valence-electron chi connectivity index (χ3n) is 3.93. The predicted octanol–water partition coefficient (Wildman–Crippen LogP) is 2.74. The lowest BCUT2D eigenvalue weighted by atomic mass is 9.85. The molecule has 2 rings (SSSR count).